The van der Waals surface area contributed by atoms with Gasteiger partial charge in [-0.2, -0.15) is 0 Å². The van der Waals surface area contributed by atoms with Gasteiger partial charge in [-0.1, -0.05) is 87.5 Å². The molecule has 3 aliphatic heterocycles. The first-order valence-electron chi connectivity index (χ1n) is 15.0. The lowest BCUT2D eigenvalue weighted by atomic mass is 9.62. The van der Waals surface area contributed by atoms with Gasteiger partial charge >= 0.3 is 5.97 Å². The predicted octanol–water partition coefficient (Wildman–Crippen LogP) is 7.13. The van der Waals surface area contributed by atoms with Crippen molar-refractivity contribution in [2.75, 3.05) is 11.9 Å². The Balaban J connectivity index is 1.01. The van der Waals surface area contributed by atoms with Crippen LogP contribution in [0.3, 0.4) is 0 Å². The van der Waals surface area contributed by atoms with Gasteiger partial charge in [-0.25, -0.2) is 0 Å². The van der Waals surface area contributed by atoms with Crippen LogP contribution < -0.4 is 10.7 Å². The van der Waals surface area contributed by atoms with Crippen molar-refractivity contribution >= 4 is 17.6 Å². The molecule has 7 heteroatoms. The van der Waals surface area contributed by atoms with Crippen molar-refractivity contribution in [3.63, 3.8) is 0 Å². The molecule has 1 aliphatic carbocycles. The first-order chi connectivity index (χ1) is 20.2. The number of hydrogen-bond donors (Lipinski definition) is 2. The second-order valence-electron chi connectivity index (χ2n) is 13.2. The van der Waals surface area contributed by atoms with E-state index in [0.717, 1.165) is 54.8 Å². The fourth-order valence-electron chi connectivity index (χ4n) is 6.26. The Kier molecular flexibility index (Phi) is 7.71. The minimum absolute atomic E-state index is 0.0181. The largest absolute Gasteiger partial charge is 0.461 e. The summed E-state index contributed by atoms with van der Waals surface area (Å²) in [5.41, 5.74) is 8.40. The van der Waals surface area contributed by atoms with E-state index in [1.165, 1.54) is 11.1 Å². The minimum atomic E-state index is -0.384. The number of nitrogens with zero attached hydrogens (tertiary/aromatic N) is 1. The molecule has 3 fully saturated rings. The molecule has 2 saturated heterocycles. The Morgan fingerprint density at radius 1 is 0.952 bits per heavy atom. The predicted molar refractivity (Wildman–Crippen MR) is 165 cm³/mol. The van der Waals surface area contributed by atoms with Crippen LogP contribution in [0.1, 0.15) is 70.4 Å². The number of nitrogens with one attached hydrogen (secondary N) is 2. The molecule has 7 rings (SSSR count). The Labute approximate surface area is 248 Å². The van der Waals surface area contributed by atoms with Crippen molar-refractivity contribution in [1.29, 1.82) is 0 Å². The molecular formula is C35H41N3O4. The maximum Gasteiger partial charge on any atom is 0.309 e. The van der Waals surface area contributed by atoms with Gasteiger partial charge in [0.05, 0.1) is 18.6 Å². The molecule has 2 bridgehead atoms. The van der Waals surface area contributed by atoms with E-state index in [1.807, 2.05) is 30.3 Å². The third-order valence-corrected chi connectivity index (χ3v) is 8.74. The molecule has 42 heavy (non-hydrogen) atoms. The number of carbonyl (C=O) groups excluding carboxylic acids is 1. The second-order valence-corrected chi connectivity index (χ2v) is 13.2. The van der Waals surface area contributed by atoms with Crippen molar-refractivity contribution < 1.29 is 19.0 Å². The SMILES string of the molecule is CC(C)(C)CC1=NNC(Nc2ccc(-c3ccc(C45CCC(CC(=O)OCc6ccccc6)(CC4)OC5)cc3)cc2)O1. The van der Waals surface area contributed by atoms with Crippen LogP contribution in [-0.4, -0.2) is 30.4 Å². The summed E-state index contributed by atoms with van der Waals surface area (Å²) in [4.78, 5) is 12.6. The van der Waals surface area contributed by atoms with Gasteiger partial charge in [-0.3, -0.25) is 10.2 Å². The Morgan fingerprint density at radius 3 is 2.24 bits per heavy atom. The number of esters is 1. The van der Waals surface area contributed by atoms with Gasteiger partial charge in [-0.15, -0.1) is 5.10 Å². The maximum absolute atomic E-state index is 12.6. The molecule has 2 N–H and O–H groups in total. The molecule has 1 unspecified atom stereocenters. The highest BCUT2D eigenvalue weighted by molar-refractivity contribution is 5.78. The zero-order valence-corrected chi connectivity index (χ0v) is 24.8. The van der Waals surface area contributed by atoms with Crippen molar-refractivity contribution in [3.05, 3.63) is 90.0 Å². The summed E-state index contributed by atoms with van der Waals surface area (Å²) < 4.78 is 17.9. The molecule has 3 heterocycles. The number of hydrogen-bond acceptors (Lipinski definition) is 7. The Hall–Kier alpha value is -3.84. The number of rotatable bonds is 9. The Morgan fingerprint density at radius 2 is 1.62 bits per heavy atom. The summed E-state index contributed by atoms with van der Waals surface area (Å²) in [6, 6.07) is 27.1. The summed E-state index contributed by atoms with van der Waals surface area (Å²) >= 11 is 0. The van der Waals surface area contributed by atoms with E-state index < -0.39 is 0 Å². The smallest absolute Gasteiger partial charge is 0.309 e. The van der Waals surface area contributed by atoms with Crippen LogP contribution in [0.5, 0.6) is 0 Å². The van der Waals surface area contributed by atoms with Gasteiger partial charge in [0, 0.05) is 17.5 Å². The fraction of sp³-hybridized carbons (Fsp3) is 0.429. The average Bonchev–Trinajstić information content (AvgIpc) is 3.43. The topological polar surface area (TPSA) is 81.2 Å². The van der Waals surface area contributed by atoms with E-state index in [-0.39, 0.29) is 28.8 Å². The molecule has 0 aromatic heterocycles. The summed E-state index contributed by atoms with van der Waals surface area (Å²) in [7, 11) is 0. The molecule has 7 nitrogen and oxygen atoms in total. The summed E-state index contributed by atoms with van der Waals surface area (Å²) in [6.07, 6.45) is 4.56. The van der Waals surface area contributed by atoms with E-state index in [1.54, 1.807) is 0 Å². The third kappa shape index (κ3) is 6.46. The van der Waals surface area contributed by atoms with Crippen molar-refractivity contribution in [2.24, 2.45) is 10.5 Å². The highest BCUT2D eigenvalue weighted by Gasteiger charge is 2.51. The van der Waals surface area contributed by atoms with E-state index in [9.17, 15) is 4.79 Å². The molecule has 3 aromatic carbocycles. The van der Waals surface area contributed by atoms with Gasteiger partial charge in [0.1, 0.15) is 6.61 Å². The number of hydrazone groups is 1. The van der Waals surface area contributed by atoms with Gasteiger partial charge in [0.2, 0.25) is 5.90 Å². The zero-order chi connectivity index (χ0) is 29.2. The van der Waals surface area contributed by atoms with Crippen molar-refractivity contribution in [2.45, 2.75) is 83.3 Å². The molecular weight excluding hydrogens is 526 g/mol. The summed E-state index contributed by atoms with van der Waals surface area (Å²) in [5.74, 6) is 0.550. The monoisotopic (exact) mass is 567 g/mol. The van der Waals surface area contributed by atoms with Crippen LogP contribution in [0, 0.1) is 5.41 Å². The second kappa shape index (κ2) is 11.4. The third-order valence-electron chi connectivity index (χ3n) is 8.74. The summed E-state index contributed by atoms with van der Waals surface area (Å²) in [5, 5.41) is 7.66. The number of ether oxygens (including phenoxy) is 3. The van der Waals surface area contributed by atoms with Crippen molar-refractivity contribution in [1.82, 2.24) is 5.43 Å². The molecule has 0 spiro atoms. The minimum Gasteiger partial charge on any atom is -0.461 e. The van der Waals surface area contributed by atoms with E-state index in [0.29, 0.717) is 19.6 Å². The molecule has 3 aromatic rings. The maximum atomic E-state index is 12.6. The lowest BCUT2D eigenvalue weighted by molar-refractivity contribution is -0.179. The molecule has 0 radical (unpaired) electrons. The van der Waals surface area contributed by atoms with Gasteiger partial charge < -0.3 is 19.5 Å². The molecule has 1 saturated carbocycles. The standard InChI is InChI=1S/C35H41N3O4/c1-33(2,3)21-30-37-38-32(42-30)36-29-15-11-27(12-16-29)26-9-13-28(14-10-26)34-17-19-35(20-18-34,41-24-34)22-31(39)40-23-25-7-5-4-6-8-25/h4-16,32,36,38H,17-24H2,1-3H3. The number of benzene rings is 3. The first-order valence-corrected chi connectivity index (χ1v) is 15.0. The molecule has 1 atom stereocenters. The van der Waals surface area contributed by atoms with E-state index in [4.69, 9.17) is 14.2 Å². The molecule has 220 valence electrons. The zero-order valence-electron chi connectivity index (χ0n) is 24.8. The van der Waals surface area contributed by atoms with E-state index in [2.05, 4.69) is 85.1 Å². The molecule has 0 amide bonds. The highest BCUT2D eigenvalue weighted by atomic mass is 16.5. The number of carbonyl (C=O) groups is 1. The van der Waals surface area contributed by atoms with Gasteiger partial charge in [0.25, 0.3) is 6.35 Å². The highest BCUT2D eigenvalue weighted by Crippen LogP contribution is 2.51. The summed E-state index contributed by atoms with van der Waals surface area (Å²) in [6.45, 7) is 7.47. The van der Waals surface area contributed by atoms with Crippen LogP contribution in [0.4, 0.5) is 5.69 Å². The lowest BCUT2D eigenvalue weighted by Crippen LogP contribution is -2.54. The first kappa shape index (κ1) is 28.3. The number of fused-ring (bicyclic) bond motifs is 3. The van der Waals surface area contributed by atoms with Crippen LogP contribution in [0.15, 0.2) is 84.0 Å². The van der Waals surface area contributed by atoms with E-state index >= 15 is 0 Å². The van der Waals surface area contributed by atoms with Gasteiger partial charge in [-0.05, 0) is 65.5 Å². The quantitative estimate of drug-likeness (QED) is 0.268. The van der Waals surface area contributed by atoms with Crippen LogP contribution in [0.25, 0.3) is 11.1 Å². The van der Waals surface area contributed by atoms with Crippen LogP contribution in [-0.2, 0) is 31.0 Å². The number of anilines is 1. The normalized spacial score (nSPS) is 24.8. The average molecular weight is 568 g/mol. The van der Waals surface area contributed by atoms with Crippen LogP contribution >= 0.6 is 0 Å². The lowest BCUT2D eigenvalue weighted by Gasteiger charge is -2.53. The Bertz CT molecular complexity index is 1390. The fourth-order valence-corrected chi connectivity index (χ4v) is 6.26. The van der Waals surface area contributed by atoms with Crippen molar-refractivity contribution in [3.8, 4) is 11.1 Å². The van der Waals surface area contributed by atoms with Crippen LogP contribution in [0.2, 0.25) is 0 Å². The molecule has 4 aliphatic rings. The van der Waals surface area contributed by atoms with Gasteiger partial charge in [0.15, 0.2) is 0 Å².